The second-order valence-corrected chi connectivity index (χ2v) is 12.5. The average Bonchev–Trinajstić information content (AvgIpc) is 3.43. The number of aryl methyl sites for hydroxylation is 1. The molecule has 0 spiro atoms. The summed E-state index contributed by atoms with van der Waals surface area (Å²) in [5, 5.41) is 3.23. The Kier molecular flexibility index (Phi) is 7.04. The van der Waals surface area contributed by atoms with Gasteiger partial charge in [0, 0.05) is 49.1 Å². The zero-order valence-electron chi connectivity index (χ0n) is 23.9. The molecule has 2 N–H and O–H groups in total. The summed E-state index contributed by atoms with van der Waals surface area (Å²) in [4.78, 5) is 26.1. The molecule has 0 atom stereocenters. The van der Waals surface area contributed by atoms with Crippen molar-refractivity contribution in [3.8, 4) is 28.0 Å². The lowest BCUT2D eigenvalue weighted by atomic mass is 9.94. The van der Waals surface area contributed by atoms with Gasteiger partial charge in [-0.15, -0.1) is 0 Å². The highest BCUT2D eigenvalue weighted by Gasteiger charge is 2.27. The Balaban J connectivity index is 1.45. The van der Waals surface area contributed by atoms with E-state index in [0.29, 0.717) is 34.4 Å². The van der Waals surface area contributed by atoms with Crippen molar-refractivity contribution in [1.82, 2.24) is 25.2 Å². The number of hydrogen-bond donors (Lipinski definition) is 2. The second-order valence-electron chi connectivity index (χ2n) is 10.6. The number of hydrogen-bond acceptors (Lipinski definition) is 7. The Morgan fingerprint density at radius 3 is 2.52 bits per heavy atom. The van der Waals surface area contributed by atoms with Gasteiger partial charge in [0.25, 0.3) is 5.91 Å². The molecule has 214 valence electrons. The molecule has 1 aliphatic heterocycles. The molecule has 10 heteroatoms. The number of fused-ring (bicyclic) bond motifs is 2. The van der Waals surface area contributed by atoms with Gasteiger partial charge in [-0.05, 0) is 66.4 Å². The van der Waals surface area contributed by atoms with Crippen LogP contribution >= 0.6 is 0 Å². The first-order valence-corrected chi connectivity index (χ1v) is 15.1. The number of rotatable bonds is 6. The summed E-state index contributed by atoms with van der Waals surface area (Å²) in [5.74, 6) is 0.630. The van der Waals surface area contributed by atoms with Gasteiger partial charge in [-0.1, -0.05) is 30.3 Å². The highest BCUT2D eigenvalue weighted by molar-refractivity contribution is 7.91. The predicted octanol–water partition coefficient (Wildman–Crippen LogP) is 4.79. The van der Waals surface area contributed by atoms with Crippen LogP contribution in [0.15, 0.2) is 76.9 Å². The van der Waals surface area contributed by atoms with Crippen LogP contribution in [-0.2, 0) is 22.8 Å². The van der Waals surface area contributed by atoms with Crippen LogP contribution in [0.1, 0.15) is 27.0 Å². The van der Waals surface area contributed by atoms with E-state index in [2.05, 4.69) is 26.3 Å². The van der Waals surface area contributed by atoms with Crippen LogP contribution in [0.5, 0.6) is 5.75 Å². The van der Waals surface area contributed by atoms with Gasteiger partial charge in [-0.2, -0.15) is 0 Å². The van der Waals surface area contributed by atoms with E-state index in [-0.39, 0.29) is 15.8 Å². The maximum Gasteiger partial charge on any atom is 0.253 e. The molecular formula is C32H31N5O4S. The zero-order chi connectivity index (χ0) is 29.6. The molecule has 0 bridgehead atoms. The first-order valence-electron chi connectivity index (χ1n) is 13.6. The molecule has 0 saturated carbocycles. The molecule has 0 aliphatic carbocycles. The highest BCUT2D eigenvalue weighted by atomic mass is 32.2. The summed E-state index contributed by atoms with van der Waals surface area (Å²) in [6.07, 6.45) is 3.87. The van der Waals surface area contributed by atoms with Crippen molar-refractivity contribution in [2.24, 2.45) is 0 Å². The first kappa shape index (κ1) is 27.6. The quantitative estimate of drug-likeness (QED) is 0.296. The van der Waals surface area contributed by atoms with Gasteiger partial charge >= 0.3 is 0 Å². The van der Waals surface area contributed by atoms with Crippen molar-refractivity contribution in [2.75, 3.05) is 27.7 Å². The zero-order valence-corrected chi connectivity index (χ0v) is 24.7. The molecule has 6 rings (SSSR count). The SMILES string of the molecule is COc1cc(-c2ccc(C)cc2S(=O)(=O)c2cnc3[nH]cc(-c4ccc(C(=O)N(C)C)cc4)c3n2)cc2c1CNCC2. The highest BCUT2D eigenvalue weighted by Crippen LogP contribution is 2.37. The number of nitrogens with one attached hydrogen (secondary N) is 2. The Morgan fingerprint density at radius 1 is 1.00 bits per heavy atom. The number of benzene rings is 3. The summed E-state index contributed by atoms with van der Waals surface area (Å²) in [7, 11) is 0.967. The molecule has 1 amide bonds. The number of H-pyrrole nitrogens is 1. The third-order valence-corrected chi connectivity index (χ3v) is 9.28. The van der Waals surface area contributed by atoms with E-state index in [1.165, 1.54) is 11.1 Å². The molecule has 0 fully saturated rings. The third-order valence-electron chi connectivity index (χ3n) is 7.61. The minimum absolute atomic E-state index is 0.101. The van der Waals surface area contributed by atoms with Gasteiger partial charge in [-0.25, -0.2) is 18.4 Å². The second kappa shape index (κ2) is 10.7. The van der Waals surface area contributed by atoms with Crippen LogP contribution < -0.4 is 10.1 Å². The fourth-order valence-electron chi connectivity index (χ4n) is 5.38. The summed E-state index contributed by atoms with van der Waals surface area (Å²) >= 11 is 0. The van der Waals surface area contributed by atoms with Crippen LogP contribution in [0.2, 0.25) is 0 Å². The van der Waals surface area contributed by atoms with Crippen molar-refractivity contribution in [1.29, 1.82) is 0 Å². The van der Waals surface area contributed by atoms with Crippen LogP contribution in [0.3, 0.4) is 0 Å². The van der Waals surface area contributed by atoms with Crippen LogP contribution in [0.4, 0.5) is 0 Å². The van der Waals surface area contributed by atoms with E-state index in [0.717, 1.165) is 46.5 Å². The number of aromatic amines is 1. The number of aromatic nitrogens is 3. The Hall–Kier alpha value is -4.54. The van der Waals surface area contributed by atoms with Crippen molar-refractivity contribution in [3.63, 3.8) is 0 Å². The van der Waals surface area contributed by atoms with Gasteiger partial charge in [0.05, 0.1) is 18.2 Å². The molecule has 3 heterocycles. The lowest BCUT2D eigenvalue weighted by molar-refractivity contribution is 0.0827. The van der Waals surface area contributed by atoms with Crippen molar-refractivity contribution in [2.45, 2.75) is 29.8 Å². The number of methoxy groups -OCH3 is 1. The van der Waals surface area contributed by atoms with Crippen LogP contribution in [0.25, 0.3) is 33.4 Å². The van der Waals surface area contributed by atoms with Crippen molar-refractivity contribution < 1.29 is 17.9 Å². The number of sulfone groups is 1. The predicted molar refractivity (Wildman–Crippen MR) is 161 cm³/mol. The van der Waals surface area contributed by atoms with E-state index in [4.69, 9.17) is 4.74 Å². The van der Waals surface area contributed by atoms with E-state index in [1.807, 2.05) is 37.3 Å². The van der Waals surface area contributed by atoms with Gasteiger partial charge in [-0.3, -0.25) is 4.79 Å². The molecule has 42 heavy (non-hydrogen) atoms. The summed E-state index contributed by atoms with van der Waals surface area (Å²) in [5.41, 5.74) is 7.34. The Labute approximate surface area is 244 Å². The van der Waals surface area contributed by atoms with Gasteiger partial charge < -0.3 is 19.9 Å². The molecule has 0 unspecified atom stereocenters. The van der Waals surface area contributed by atoms with E-state index in [9.17, 15) is 13.2 Å². The lowest BCUT2D eigenvalue weighted by Gasteiger charge is -2.22. The molecule has 5 aromatic rings. The summed E-state index contributed by atoms with van der Waals surface area (Å²) in [6.45, 7) is 3.43. The minimum atomic E-state index is -4.07. The molecular weight excluding hydrogens is 550 g/mol. The Morgan fingerprint density at radius 2 is 1.79 bits per heavy atom. The average molecular weight is 582 g/mol. The number of carbonyl (C=O) groups is 1. The molecule has 3 aromatic carbocycles. The number of carbonyl (C=O) groups excluding carboxylic acids is 1. The standard InChI is InChI=1S/C32H31N5O4S/c1-19-5-10-24(23-14-22-11-12-33-16-25(22)27(15-23)41-4)28(13-19)42(39,40)29-18-35-31-30(36-29)26(17-34-31)20-6-8-21(9-7-20)32(38)37(2)3/h5-10,13-15,17-18,33H,11-12,16H2,1-4H3,(H,34,35). The maximum atomic E-state index is 14.2. The summed E-state index contributed by atoms with van der Waals surface area (Å²) in [6, 6.07) is 16.5. The third kappa shape index (κ3) is 4.82. The van der Waals surface area contributed by atoms with Gasteiger partial charge in [0.2, 0.25) is 9.84 Å². The van der Waals surface area contributed by atoms with Gasteiger partial charge in [0.1, 0.15) is 11.3 Å². The van der Waals surface area contributed by atoms with E-state index >= 15 is 0 Å². The van der Waals surface area contributed by atoms with Crippen molar-refractivity contribution in [3.05, 3.63) is 89.2 Å². The van der Waals surface area contributed by atoms with Crippen LogP contribution in [-0.4, -0.2) is 61.9 Å². The van der Waals surface area contributed by atoms with Gasteiger partial charge in [0.15, 0.2) is 10.7 Å². The monoisotopic (exact) mass is 581 g/mol. The molecule has 2 aromatic heterocycles. The van der Waals surface area contributed by atoms with E-state index < -0.39 is 9.84 Å². The van der Waals surface area contributed by atoms with Crippen molar-refractivity contribution >= 4 is 26.9 Å². The van der Waals surface area contributed by atoms with Crippen LogP contribution in [0, 0.1) is 6.92 Å². The fraction of sp³-hybridized carbons (Fsp3) is 0.219. The summed E-state index contributed by atoms with van der Waals surface area (Å²) < 4.78 is 34.1. The number of ether oxygens (including phenoxy) is 1. The molecule has 9 nitrogen and oxygen atoms in total. The Bertz CT molecular complexity index is 1930. The lowest BCUT2D eigenvalue weighted by Crippen LogP contribution is -2.24. The number of nitrogens with zero attached hydrogens (tertiary/aromatic N) is 3. The first-order chi connectivity index (χ1) is 20.2. The smallest absolute Gasteiger partial charge is 0.253 e. The molecule has 0 radical (unpaired) electrons. The molecule has 0 saturated heterocycles. The largest absolute Gasteiger partial charge is 0.496 e. The minimum Gasteiger partial charge on any atom is -0.496 e. The van der Waals surface area contributed by atoms with E-state index in [1.54, 1.807) is 45.6 Å². The molecule has 1 aliphatic rings. The number of amides is 1. The maximum absolute atomic E-state index is 14.2. The fourth-order valence-corrected chi connectivity index (χ4v) is 6.82. The topological polar surface area (TPSA) is 117 Å². The normalized spacial score (nSPS) is 13.1.